The summed E-state index contributed by atoms with van der Waals surface area (Å²) >= 11 is 0. The Kier molecular flexibility index (Phi) is 9.30. The molecule has 4 rings (SSSR count). The van der Waals surface area contributed by atoms with Crippen molar-refractivity contribution in [3.05, 3.63) is 35.7 Å². The van der Waals surface area contributed by atoms with E-state index in [0.29, 0.717) is 24.2 Å². The van der Waals surface area contributed by atoms with Crippen LogP contribution in [0.2, 0.25) is 0 Å². The maximum absolute atomic E-state index is 14.0. The molecule has 2 aromatic rings. The van der Waals surface area contributed by atoms with Gasteiger partial charge in [-0.05, 0) is 17.5 Å². The summed E-state index contributed by atoms with van der Waals surface area (Å²) in [6.45, 7) is 2.67. The van der Waals surface area contributed by atoms with Crippen LogP contribution < -0.4 is 25.8 Å². The number of hydrogen-bond donors (Lipinski definition) is 4. The van der Waals surface area contributed by atoms with Crippen LogP contribution in [-0.2, 0) is 36.9 Å². The second kappa shape index (κ2) is 12.9. The van der Waals surface area contributed by atoms with Crippen molar-refractivity contribution in [2.45, 2.75) is 51.4 Å². The fourth-order valence-corrected chi connectivity index (χ4v) is 4.99. The quantitative estimate of drug-likeness (QED) is 0.261. The number of carbonyl (C=O) groups excluding carboxylic acids is 4. The van der Waals surface area contributed by atoms with Crippen molar-refractivity contribution in [1.29, 1.82) is 0 Å². The first-order valence-electron chi connectivity index (χ1n) is 13.3. The Morgan fingerprint density at radius 3 is 2.80 bits per heavy atom. The van der Waals surface area contributed by atoms with Crippen LogP contribution in [-0.4, -0.2) is 90.6 Å². The predicted molar refractivity (Wildman–Crippen MR) is 143 cm³/mol. The Hall–Kier alpha value is -4.07. The SMILES string of the molecule is CC[C@H](C)[C@H](NC(=O)COCCF)C(=O)N[C@H]1CN(C)c2cccc3c2N(C1=O)[C@@H](C(=O)NCc1cn[nH]n1)C3. The molecule has 4 atom stereocenters. The van der Waals surface area contributed by atoms with Crippen molar-refractivity contribution >= 4 is 35.0 Å². The zero-order chi connectivity index (χ0) is 28.8. The van der Waals surface area contributed by atoms with E-state index in [1.165, 1.54) is 11.1 Å². The number of para-hydroxylation sites is 1. The van der Waals surface area contributed by atoms with Gasteiger partial charge in [0.2, 0.25) is 17.7 Å². The molecule has 0 aliphatic carbocycles. The number of aromatic amines is 1. The highest BCUT2D eigenvalue weighted by molar-refractivity contribution is 6.10. The number of nitrogens with one attached hydrogen (secondary N) is 4. The number of halogens is 1. The largest absolute Gasteiger partial charge is 0.370 e. The summed E-state index contributed by atoms with van der Waals surface area (Å²) in [7, 11) is 1.82. The second-order valence-corrected chi connectivity index (χ2v) is 10.0. The molecular weight excluding hydrogens is 523 g/mol. The number of aromatic nitrogens is 3. The first kappa shape index (κ1) is 28.9. The number of amides is 4. The highest BCUT2D eigenvalue weighted by Gasteiger charge is 2.45. The van der Waals surface area contributed by atoms with E-state index in [4.69, 9.17) is 4.74 Å². The van der Waals surface area contributed by atoms with Gasteiger partial charge in [0.15, 0.2) is 0 Å². The van der Waals surface area contributed by atoms with Gasteiger partial charge in [0.1, 0.15) is 37.1 Å². The highest BCUT2D eigenvalue weighted by Crippen LogP contribution is 2.42. The van der Waals surface area contributed by atoms with Crippen molar-refractivity contribution in [1.82, 2.24) is 31.4 Å². The Balaban J connectivity index is 1.54. The topological polar surface area (TPSA) is 162 Å². The Bertz CT molecular complexity index is 1230. The molecule has 1 aromatic heterocycles. The monoisotopic (exact) mass is 558 g/mol. The molecule has 13 nitrogen and oxygen atoms in total. The number of anilines is 2. The fourth-order valence-electron chi connectivity index (χ4n) is 4.99. The van der Waals surface area contributed by atoms with Gasteiger partial charge in [-0.25, -0.2) is 4.39 Å². The second-order valence-electron chi connectivity index (χ2n) is 10.0. The molecule has 4 amide bonds. The van der Waals surface area contributed by atoms with Crippen molar-refractivity contribution in [2.24, 2.45) is 5.92 Å². The summed E-state index contributed by atoms with van der Waals surface area (Å²) in [4.78, 5) is 56.5. The van der Waals surface area contributed by atoms with Crippen LogP contribution in [0.1, 0.15) is 31.5 Å². The van der Waals surface area contributed by atoms with Crippen LogP contribution in [0.25, 0.3) is 0 Å². The Labute approximate surface area is 231 Å². The van der Waals surface area contributed by atoms with Gasteiger partial charge in [-0.3, -0.25) is 24.1 Å². The lowest BCUT2D eigenvalue weighted by molar-refractivity contribution is -0.134. The average Bonchev–Trinajstić information content (AvgIpc) is 3.59. The van der Waals surface area contributed by atoms with Crippen molar-refractivity contribution in [3.63, 3.8) is 0 Å². The minimum Gasteiger partial charge on any atom is -0.370 e. The van der Waals surface area contributed by atoms with Crippen LogP contribution in [0.4, 0.5) is 15.8 Å². The lowest BCUT2D eigenvalue weighted by atomic mass is 9.97. The number of alkyl halides is 1. The Morgan fingerprint density at radius 2 is 2.10 bits per heavy atom. The van der Waals surface area contributed by atoms with Crippen molar-refractivity contribution in [3.8, 4) is 0 Å². The van der Waals surface area contributed by atoms with E-state index in [0.717, 1.165) is 11.3 Å². The molecular formula is C26H35FN8O5. The lowest BCUT2D eigenvalue weighted by Gasteiger charge is -2.29. The number of nitrogens with zero attached hydrogens (tertiary/aromatic N) is 4. The van der Waals surface area contributed by atoms with Crippen LogP contribution in [0, 0.1) is 5.92 Å². The van der Waals surface area contributed by atoms with E-state index >= 15 is 0 Å². The van der Waals surface area contributed by atoms with E-state index in [1.807, 2.05) is 44.0 Å². The number of H-pyrrole nitrogens is 1. The molecule has 4 N–H and O–H groups in total. The summed E-state index contributed by atoms with van der Waals surface area (Å²) < 4.78 is 17.3. The van der Waals surface area contributed by atoms with Crippen LogP contribution in [0.15, 0.2) is 24.4 Å². The molecule has 2 aliphatic heterocycles. The summed E-state index contributed by atoms with van der Waals surface area (Å²) in [6.07, 6.45) is 2.40. The van der Waals surface area contributed by atoms with Gasteiger partial charge in [0, 0.05) is 20.0 Å². The number of likely N-dealkylation sites (N-methyl/N-ethyl adjacent to an activating group) is 1. The number of rotatable bonds is 12. The van der Waals surface area contributed by atoms with Gasteiger partial charge in [0.05, 0.1) is 30.7 Å². The molecule has 14 heteroatoms. The van der Waals surface area contributed by atoms with Crippen molar-refractivity contribution in [2.75, 3.05) is 43.3 Å². The molecule has 0 spiro atoms. The first-order valence-corrected chi connectivity index (χ1v) is 13.3. The third-order valence-corrected chi connectivity index (χ3v) is 7.26. The summed E-state index contributed by atoms with van der Waals surface area (Å²) in [5.74, 6) is -2.12. The van der Waals surface area contributed by atoms with Crippen molar-refractivity contribution < 1.29 is 28.3 Å². The van der Waals surface area contributed by atoms with E-state index in [-0.39, 0.29) is 38.1 Å². The van der Waals surface area contributed by atoms with E-state index in [9.17, 15) is 23.6 Å². The van der Waals surface area contributed by atoms with Gasteiger partial charge in [-0.1, -0.05) is 32.4 Å². The maximum atomic E-state index is 14.0. The fraction of sp³-hybridized carbons (Fsp3) is 0.538. The van der Waals surface area contributed by atoms with Gasteiger partial charge in [-0.15, -0.1) is 0 Å². The maximum Gasteiger partial charge on any atom is 0.252 e. The predicted octanol–water partition coefficient (Wildman–Crippen LogP) is -0.170. The minimum atomic E-state index is -0.993. The van der Waals surface area contributed by atoms with Gasteiger partial charge < -0.3 is 25.6 Å². The van der Waals surface area contributed by atoms with Gasteiger partial charge >= 0.3 is 0 Å². The first-order chi connectivity index (χ1) is 19.2. The number of carbonyl (C=O) groups is 4. The van der Waals surface area contributed by atoms with E-state index in [1.54, 1.807) is 0 Å². The van der Waals surface area contributed by atoms with Gasteiger partial charge in [-0.2, -0.15) is 15.4 Å². The summed E-state index contributed by atoms with van der Waals surface area (Å²) in [5, 5.41) is 18.5. The minimum absolute atomic E-state index is 0.141. The highest BCUT2D eigenvalue weighted by atomic mass is 19.1. The number of hydrogen-bond acceptors (Lipinski definition) is 8. The molecule has 3 heterocycles. The molecule has 0 fully saturated rings. The molecule has 0 bridgehead atoms. The zero-order valence-corrected chi connectivity index (χ0v) is 22.8. The smallest absolute Gasteiger partial charge is 0.252 e. The standard InChI is InChI=1S/C26H35FN8O5/c1-4-15(2)22(31-21(36)14-40-9-8-27)25(38)30-18-13-34(3)19-7-5-6-16-10-20(35(23(16)19)26(18)39)24(37)28-11-17-12-29-33-32-17/h5-7,12,15,18,20,22H,4,8-11,13-14H2,1-3H3,(H,28,37)(H,30,38)(H,31,36)(H,29,32,33)/t15-,18-,20+,22-/m0/s1. The molecule has 0 saturated carbocycles. The van der Waals surface area contributed by atoms with E-state index < -0.39 is 42.5 Å². The third kappa shape index (κ3) is 6.22. The third-order valence-electron chi connectivity index (χ3n) is 7.26. The summed E-state index contributed by atoms with van der Waals surface area (Å²) in [6, 6.07) is 2.88. The molecule has 0 unspecified atom stereocenters. The zero-order valence-electron chi connectivity index (χ0n) is 22.8. The average molecular weight is 559 g/mol. The molecule has 40 heavy (non-hydrogen) atoms. The molecule has 1 aromatic carbocycles. The number of ether oxygens (including phenoxy) is 1. The van der Waals surface area contributed by atoms with Gasteiger partial charge in [0.25, 0.3) is 5.91 Å². The van der Waals surface area contributed by atoms with E-state index in [2.05, 4.69) is 31.4 Å². The molecule has 0 radical (unpaired) electrons. The molecule has 0 saturated heterocycles. The summed E-state index contributed by atoms with van der Waals surface area (Å²) in [5.41, 5.74) is 2.81. The normalized spacial score (nSPS) is 19.4. The molecule has 2 aliphatic rings. The number of benzene rings is 1. The molecule has 216 valence electrons. The van der Waals surface area contributed by atoms with Crippen LogP contribution in [0.5, 0.6) is 0 Å². The lowest BCUT2D eigenvalue weighted by Crippen LogP contribution is -2.60. The Morgan fingerprint density at radius 1 is 1.30 bits per heavy atom. The van der Waals surface area contributed by atoms with Crippen LogP contribution >= 0.6 is 0 Å². The van der Waals surface area contributed by atoms with Crippen LogP contribution in [0.3, 0.4) is 0 Å².